The fourth-order valence-corrected chi connectivity index (χ4v) is 2.13. The molecule has 2 atom stereocenters. The molecule has 1 saturated heterocycles. The van der Waals surface area contributed by atoms with E-state index in [1.54, 1.807) is 6.07 Å². The van der Waals surface area contributed by atoms with Gasteiger partial charge in [0.15, 0.2) is 0 Å². The predicted octanol–water partition coefficient (Wildman–Crippen LogP) is 1.67. The van der Waals surface area contributed by atoms with Crippen LogP contribution in [-0.2, 0) is 0 Å². The molecule has 0 radical (unpaired) electrons. The van der Waals surface area contributed by atoms with Crippen LogP contribution < -0.4 is 10.2 Å². The Hall–Kier alpha value is -1.49. The van der Waals surface area contributed by atoms with Crippen molar-refractivity contribution in [2.24, 2.45) is 5.18 Å². The van der Waals surface area contributed by atoms with Gasteiger partial charge in [0, 0.05) is 25.2 Å². The molecule has 16 heavy (non-hydrogen) atoms. The van der Waals surface area contributed by atoms with E-state index in [1.165, 1.54) is 6.20 Å². The molecule has 2 heterocycles. The van der Waals surface area contributed by atoms with E-state index in [1.807, 2.05) is 6.07 Å². The summed E-state index contributed by atoms with van der Waals surface area (Å²) in [6, 6.07) is 4.46. The van der Waals surface area contributed by atoms with E-state index in [4.69, 9.17) is 0 Å². The van der Waals surface area contributed by atoms with Gasteiger partial charge >= 0.3 is 0 Å². The number of pyridine rings is 1. The summed E-state index contributed by atoms with van der Waals surface area (Å²) in [5.41, 5.74) is 0.375. The first-order valence-electron chi connectivity index (χ1n) is 5.49. The summed E-state index contributed by atoms with van der Waals surface area (Å²) in [4.78, 5) is 16.8. The van der Waals surface area contributed by atoms with Crippen LogP contribution in [0.3, 0.4) is 0 Å². The van der Waals surface area contributed by atoms with Gasteiger partial charge in [-0.05, 0) is 31.2 Å². The van der Waals surface area contributed by atoms with Gasteiger partial charge in [-0.1, -0.05) is 0 Å². The van der Waals surface area contributed by atoms with Crippen LogP contribution in [0, 0.1) is 4.91 Å². The smallest absolute Gasteiger partial charge is 0.128 e. The molecule has 86 valence electrons. The van der Waals surface area contributed by atoms with E-state index in [2.05, 4.69) is 34.2 Å². The third-order valence-corrected chi connectivity index (χ3v) is 2.72. The topological polar surface area (TPSA) is 57.6 Å². The Labute approximate surface area is 94.8 Å². The SMILES string of the molecule is C[C@@H]1CN(c2ccc(N=O)cn2)C[C@H](C)N1. The van der Waals surface area contributed by atoms with Crippen molar-refractivity contribution in [2.75, 3.05) is 18.0 Å². The van der Waals surface area contributed by atoms with Crippen LogP contribution in [0.4, 0.5) is 11.5 Å². The van der Waals surface area contributed by atoms with Crippen LogP contribution in [0.1, 0.15) is 13.8 Å². The minimum absolute atomic E-state index is 0.375. The summed E-state index contributed by atoms with van der Waals surface area (Å²) in [7, 11) is 0. The molecule has 0 amide bonds. The predicted molar refractivity (Wildman–Crippen MR) is 64.0 cm³/mol. The lowest BCUT2D eigenvalue weighted by atomic mass is 10.1. The highest BCUT2D eigenvalue weighted by molar-refractivity contribution is 5.45. The first-order chi connectivity index (χ1) is 7.69. The van der Waals surface area contributed by atoms with E-state index in [-0.39, 0.29) is 0 Å². The van der Waals surface area contributed by atoms with E-state index in [0.717, 1.165) is 18.9 Å². The summed E-state index contributed by atoms with van der Waals surface area (Å²) in [5, 5.41) is 6.31. The third kappa shape index (κ3) is 2.36. The summed E-state index contributed by atoms with van der Waals surface area (Å²) < 4.78 is 0. The van der Waals surface area contributed by atoms with Gasteiger partial charge in [0.05, 0.1) is 6.20 Å². The number of aromatic nitrogens is 1. The second kappa shape index (κ2) is 4.57. The molecule has 1 aliphatic heterocycles. The van der Waals surface area contributed by atoms with Crippen molar-refractivity contribution in [3.63, 3.8) is 0 Å². The highest BCUT2D eigenvalue weighted by Crippen LogP contribution is 2.18. The Kier molecular flexibility index (Phi) is 3.14. The average molecular weight is 220 g/mol. The molecule has 5 nitrogen and oxygen atoms in total. The monoisotopic (exact) mass is 220 g/mol. The number of nitroso groups, excluding NO2 is 1. The Balaban J connectivity index is 2.13. The van der Waals surface area contributed by atoms with Crippen molar-refractivity contribution >= 4 is 11.5 Å². The van der Waals surface area contributed by atoms with Gasteiger partial charge in [0.2, 0.25) is 0 Å². The summed E-state index contributed by atoms with van der Waals surface area (Å²) in [6.07, 6.45) is 1.51. The molecule has 0 saturated carbocycles. The molecule has 1 aromatic rings. The minimum Gasteiger partial charge on any atom is -0.354 e. The van der Waals surface area contributed by atoms with Crippen molar-refractivity contribution in [1.82, 2.24) is 10.3 Å². The average Bonchev–Trinajstić information content (AvgIpc) is 2.28. The molecule has 5 heteroatoms. The highest BCUT2D eigenvalue weighted by Gasteiger charge is 2.21. The van der Waals surface area contributed by atoms with Gasteiger partial charge in [0.1, 0.15) is 11.5 Å². The van der Waals surface area contributed by atoms with Crippen molar-refractivity contribution in [3.05, 3.63) is 23.2 Å². The lowest BCUT2D eigenvalue weighted by Crippen LogP contribution is -2.54. The van der Waals surface area contributed by atoms with Gasteiger partial charge in [-0.25, -0.2) is 4.98 Å². The van der Waals surface area contributed by atoms with Crippen LogP contribution in [-0.4, -0.2) is 30.2 Å². The third-order valence-electron chi connectivity index (χ3n) is 2.72. The van der Waals surface area contributed by atoms with E-state index in [0.29, 0.717) is 17.8 Å². The molecular weight excluding hydrogens is 204 g/mol. The van der Waals surface area contributed by atoms with Crippen molar-refractivity contribution in [2.45, 2.75) is 25.9 Å². The van der Waals surface area contributed by atoms with Gasteiger partial charge in [0.25, 0.3) is 0 Å². The number of anilines is 1. The van der Waals surface area contributed by atoms with Gasteiger partial charge in [-0.3, -0.25) is 0 Å². The molecular formula is C11H16N4O. The molecule has 0 spiro atoms. The van der Waals surface area contributed by atoms with Crippen molar-refractivity contribution in [1.29, 1.82) is 0 Å². The first kappa shape index (κ1) is 11.0. The van der Waals surface area contributed by atoms with E-state index in [9.17, 15) is 4.91 Å². The van der Waals surface area contributed by atoms with Crippen LogP contribution in [0.2, 0.25) is 0 Å². The fraction of sp³-hybridized carbons (Fsp3) is 0.545. The lowest BCUT2D eigenvalue weighted by Gasteiger charge is -2.36. The number of nitrogens with zero attached hydrogens (tertiary/aromatic N) is 3. The van der Waals surface area contributed by atoms with Gasteiger partial charge < -0.3 is 10.2 Å². The molecule has 0 aromatic carbocycles. The number of nitrogens with one attached hydrogen (secondary N) is 1. The van der Waals surface area contributed by atoms with Crippen LogP contribution in [0.25, 0.3) is 0 Å². The number of rotatable bonds is 2. The Morgan fingerprint density at radius 3 is 2.56 bits per heavy atom. The van der Waals surface area contributed by atoms with E-state index >= 15 is 0 Å². The first-order valence-corrected chi connectivity index (χ1v) is 5.49. The number of hydrogen-bond donors (Lipinski definition) is 1. The molecule has 1 aliphatic rings. The van der Waals surface area contributed by atoms with Gasteiger partial charge in [-0.15, -0.1) is 4.91 Å². The van der Waals surface area contributed by atoms with Crippen LogP contribution in [0.15, 0.2) is 23.5 Å². The van der Waals surface area contributed by atoms with Crippen LogP contribution in [0.5, 0.6) is 0 Å². The molecule has 1 N–H and O–H groups in total. The second-order valence-corrected chi connectivity index (χ2v) is 4.34. The lowest BCUT2D eigenvalue weighted by molar-refractivity contribution is 0.405. The summed E-state index contributed by atoms with van der Waals surface area (Å²) in [6.45, 7) is 6.18. The quantitative estimate of drug-likeness (QED) is 0.770. The van der Waals surface area contributed by atoms with Crippen molar-refractivity contribution in [3.8, 4) is 0 Å². The fourth-order valence-electron chi connectivity index (χ4n) is 2.13. The minimum atomic E-state index is 0.375. The molecule has 0 unspecified atom stereocenters. The maximum absolute atomic E-state index is 10.3. The molecule has 0 aliphatic carbocycles. The number of piperazine rings is 1. The van der Waals surface area contributed by atoms with Crippen LogP contribution >= 0.6 is 0 Å². The largest absolute Gasteiger partial charge is 0.354 e. The van der Waals surface area contributed by atoms with Gasteiger partial charge in [-0.2, -0.15) is 0 Å². The zero-order valence-electron chi connectivity index (χ0n) is 9.55. The molecule has 1 aromatic heterocycles. The maximum Gasteiger partial charge on any atom is 0.128 e. The summed E-state index contributed by atoms with van der Waals surface area (Å²) in [5.74, 6) is 0.910. The zero-order chi connectivity index (χ0) is 11.5. The second-order valence-electron chi connectivity index (χ2n) is 4.34. The zero-order valence-corrected chi connectivity index (χ0v) is 9.55. The molecule has 0 bridgehead atoms. The Morgan fingerprint density at radius 1 is 1.38 bits per heavy atom. The molecule has 1 fully saturated rings. The van der Waals surface area contributed by atoms with E-state index < -0.39 is 0 Å². The molecule has 2 rings (SSSR count). The number of hydrogen-bond acceptors (Lipinski definition) is 5. The Morgan fingerprint density at radius 2 is 2.06 bits per heavy atom. The maximum atomic E-state index is 10.3. The normalized spacial score (nSPS) is 25.5. The highest BCUT2D eigenvalue weighted by atomic mass is 16.3. The summed E-state index contributed by atoms with van der Waals surface area (Å²) >= 11 is 0. The standard InChI is InChI=1S/C11H16N4O/c1-8-6-15(7-9(2)13-8)11-4-3-10(14-16)5-12-11/h3-5,8-9,13H,6-7H2,1-2H3/t8-,9+. The van der Waals surface area contributed by atoms with Crippen molar-refractivity contribution < 1.29 is 0 Å². The Bertz CT molecular complexity index is 355.